The second kappa shape index (κ2) is 3.74. The molecule has 0 aliphatic carbocycles. The third-order valence-electron chi connectivity index (χ3n) is 3.45. The van der Waals surface area contributed by atoms with E-state index in [1.54, 1.807) is 6.07 Å². The average Bonchev–Trinajstić information content (AvgIpc) is 2.94. The summed E-state index contributed by atoms with van der Waals surface area (Å²) in [5.41, 5.74) is 2.44. The first-order valence-electron chi connectivity index (χ1n) is 5.81. The van der Waals surface area contributed by atoms with Crippen LogP contribution in [0.3, 0.4) is 0 Å². The van der Waals surface area contributed by atoms with Gasteiger partial charge in [0.25, 0.3) is 0 Å². The van der Waals surface area contributed by atoms with Crippen LogP contribution in [0, 0.1) is 6.92 Å². The van der Waals surface area contributed by atoms with E-state index in [1.165, 1.54) is 0 Å². The molecule has 1 N–H and O–H groups in total. The molecule has 1 spiro atoms. The third kappa shape index (κ3) is 1.78. The van der Waals surface area contributed by atoms with Crippen LogP contribution in [-0.4, -0.2) is 29.6 Å². The van der Waals surface area contributed by atoms with Crippen molar-refractivity contribution in [3.8, 4) is 5.75 Å². The van der Waals surface area contributed by atoms with Crippen LogP contribution in [0.15, 0.2) is 23.4 Å². The Morgan fingerprint density at radius 1 is 1.41 bits per heavy atom. The van der Waals surface area contributed by atoms with Gasteiger partial charge in [-0.2, -0.15) is 0 Å². The van der Waals surface area contributed by atoms with Crippen LogP contribution >= 0.6 is 0 Å². The van der Waals surface area contributed by atoms with Gasteiger partial charge < -0.3 is 14.7 Å². The first kappa shape index (κ1) is 10.6. The van der Waals surface area contributed by atoms with Gasteiger partial charge in [0.2, 0.25) is 0 Å². The molecule has 1 aromatic rings. The zero-order valence-electron chi connectivity index (χ0n) is 9.77. The van der Waals surface area contributed by atoms with E-state index >= 15 is 0 Å². The molecule has 90 valence electrons. The van der Waals surface area contributed by atoms with E-state index in [0.29, 0.717) is 12.4 Å². The molecule has 3 rings (SSSR count). The van der Waals surface area contributed by atoms with Crippen LogP contribution in [-0.2, 0) is 9.57 Å². The van der Waals surface area contributed by atoms with Crippen molar-refractivity contribution in [1.82, 2.24) is 0 Å². The number of hydrogen-bond acceptors (Lipinski definition) is 4. The normalized spacial score (nSPS) is 27.2. The highest BCUT2D eigenvalue weighted by Crippen LogP contribution is 2.34. The molecule has 1 atom stereocenters. The molecular formula is C13H15NO3. The maximum absolute atomic E-state index is 9.70. The van der Waals surface area contributed by atoms with Crippen molar-refractivity contribution in [2.75, 3.05) is 13.2 Å². The molecule has 0 bridgehead atoms. The average molecular weight is 233 g/mol. The van der Waals surface area contributed by atoms with Gasteiger partial charge in [-0.05, 0) is 18.6 Å². The summed E-state index contributed by atoms with van der Waals surface area (Å²) in [5, 5.41) is 13.8. The molecule has 1 saturated heterocycles. The highest BCUT2D eigenvalue weighted by atomic mass is 16.7. The molecule has 4 heteroatoms. The number of phenols is 1. The van der Waals surface area contributed by atoms with E-state index in [9.17, 15) is 5.11 Å². The smallest absolute Gasteiger partial charge is 0.168 e. The maximum Gasteiger partial charge on any atom is 0.168 e. The maximum atomic E-state index is 9.70. The fourth-order valence-corrected chi connectivity index (χ4v) is 2.27. The lowest BCUT2D eigenvalue weighted by Gasteiger charge is -2.17. The van der Waals surface area contributed by atoms with E-state index < -0.39 is 0 Å². The summed E-state index contributed by atoms with van der Waals surface area (Å²) in [5.74, 6) is 0.300. The number of ether oxygens (including phenoxy) is 1. The fraction of sp³-hybridized carbons (Fsp3) is 0.462. The molecule has 0 radical (unpaired) electrons. The zero-order chi connectivity index (χ0) is 11.9. The quantitative estimate of drug-likeness (QED) is 0.807. The van der Waals surface area contributed by atoms with E-state index in [1.807, 2.05) is 19.1 Å². The van der Waals surface area contributed by atoms with Crippen molar-refractivity contribution >= 4 is 5.71 Å². The minimum Gasteiger partial charge on any atom is -0.508 e. The summed E-state index contributed by atoms with van der Waals surface area (Å²) in [7, 11) is 0. The van der Waals surface area contributed by atoms with Crippen molar-refractivity contribution in [3.63, 3.8) is 0 Å². The third-order valence-corrected chi connectivity index (χ3v) is 3.45. The molecule has 0 saturated carbocycles. The van der Waals surface area contributed by atoms with Gasteiger partial charge in [-0.15, -0.1) is 0 Å². The highest BCUT2D eigenvalue weighted by molar-refractivity contribution is 6.02. The molecule has 0 aromatic heterocycles. The predicted molar refractivity (Wildman–Crippen MR) is 63.2 cm³/mol. The number of phenolic OH excluding ortho intramolecular Hbond substituents is 1. The Balaban J connectivity index is 1.84. The molecule has 4 nitrogen and oxygen atoms in total. The number of rotatable bonds is 1. The van der Waals surface area contributed by atoms with Gasteiger partial charge in [0.05, 0.1) is 18.9 Å². The number of aryl methyl sites for hydroxylation is 1. The van der Waals surface area contributed by atoms with Crippen molar-refractivity contribution in [2.24, 2.45) is 5.16 Å². The Hall–Kier alpha value is -1.55. The van der Waals surface area contributed by atoms with E-state index in [0.717, 1.165) is 36.3 Å². The van der Waals surface area contributed by atoms with Crippen LogP contribution in [0.25, 0.3) is 0 Å². The Bertz CT molecular complexity index is 476. The first-order valence-corrected chi connectivity index (χ1v) is 5.81. The Morgan fingerprint density at radius 3 is 3.00 bits per heavy atom. The van der Waals surface area contributed by atoms with Crippen molar-refractivity contribution < 1.29 is 14.7 Å². The molecule has 1 fully saturated rings. The fourth-order valence-electron chi connectivity index (χ4n) is 2.27. The topological polar surface area (TPSA) is 51.0 Å². The van der Waals surface area contributed by atoms with Crippen LogP contribution in [0.1, 0.15) is 24.0 Å². The van der Waals surface area contributed by atoms with Gasteiger partial charge in [-0.25, -0.2) is 0 Å². The summed E-state index contributed by atoms with van der Waals surface area (Å²) in [6.45, 7) is 3.22. The minimum atomic E-state index is -0.254. The highest BCUT2D eigenvalue weighted by Gasteiger charge is 2.43. The molecule has 2 aliphatic heterocycles. The lowest BCUT2D eigenvalue weighted by atomic mass is 9.93. The van der Waals surface area contributed by atoms with Gasteiger partial charge >= 0.3 is 0 Å². The largest absolute Gasteiger partial charge is 0.508 e. The Morgan fingerprint density at radius 2 is 2.29 bits per heavy atom. The number of aromatic hydroxyl groups is 1. The summed E-state index contributed by atoms with van der Waals surface area (Å²) < 4.78 is 5.36. The zero-order valence-corrected chi connectivity index (χ0v) is 9.77. The van der Waals surface area contributed by atoms with E-state index in [-0.39, 0.29) is 5.60 Å². The van der Waals surface area contributed by atoms with Crippen LogP contribution < -0.4 is 0 Å². The number of oxime groups is 1. The Labute approximate surface area is 99.8 Å². The Kier molecular flexibility index (Phi) is 2.33. The number of benzene rings is 1. The second-order valence-electron chi connectivity index (χ2n) is 4.79. The summed E-state index contributed by atoms with van der Waals surface area (Å²) in [4.78, 5) is 5.52. The van der Waals surface area contributed by atoms with Crippen molar-refractivity contribution in [3.05, 3.63) is 29.3 Å². The first-order chi connectivity index (χ1) is 8.19. The standard InChI is InChI=1S/C13H15NO3/c1-9-2-3-10(6-12(9)15)11-7-13(17-14-11)4-5-16-8-13/h2-3,6,15H,4-5,7-8H2,1H3. The number of hydrogen-bond donors (Lipinski definition) is 1. The monoisotopic (exact) mass is 233 g/mol. The van der Waals surface area contributed by atoms with Crippen molar-refractivity contribution in [2.45, 2.75) is 25.4 Å². The van der Waals surface area contributed by atoms with Crippen LogP contribution in [0.4, 0.5) is 0 Å². The lowest BCUT2D eigenvalue weighted by molar-refractivity contribution is -0.0237. The van der Waals surface area contributed by atoms with Crippen LogP contribution in [0.2, 0.25) is 0 Å². The molecule has 2 aliphatic rings. The van der Waals surface area contributed by atoms with Gasteiger partial charge in [-0.3, -0.25) is 0 Å². The SMILES string of the molecule is Cc1ccc(C2=NOC3(CCOC3)C2)cc1O. The predicted octanol–water partition coefficient (Wildman–Crippen LogP) is 1.98. The van der Waals surface area contributed by atoms with E-state index in [4.69, 9.17) is 9.57 Å². The molecule has 2 heterocycles. The molecular weight excluding hydrogens is 218 g/mol. The minimum absolute atomic E-state index is 0.254. The van der Waals surface area contributed by atoms with E-state index in [2.05, 4.69) is 5.16 Å². The van der Waals surface area contributed by atoms with Gasteiger partial charge in [-0.1, -0.05) is 17.3 Å². The summed E-state index contributed by atoms with van der Waals surface area (Å²) >= 11 is 0. The number of nitrogens with zero attached hydrogens (tertiary/aromatic N) is 1. The van der Waals surface area contributed by atoms with Gasteiger partial charge in [0, 0.05) is 18.4 Å². The molecule has 1 aromatic carbocycles. The van der Waals surface area contributed by atoms with Gasteiger partial charge in [0.1, 0.15) is 5.75 Å². The molecule has 17 heavy (non-hydrogen) atoms. The second-order valence-corrected chi connectivity index (χ2v) is 4.79. The van der Waals surface area contributed by atoms with Crippen molar-refractivity contribution in [1.29, 1.82) is 0 Å². The molecule has 1 unspecified atom stereocenters. The van der Waals surface area contributed by atoms with Gasteiger partial charge in [0.15, 0.2) is 5.60 Å². The van der Waals surface area contributed by atoms with Crippen LogP contribution in [0.5, 0.6) is 5.75 Å². The lowest BCUT2D eigenvalue weighted by Crippen LogP contribution is -2.29. The summed E-state index contributed by atoms with van der Waals surface area (Å²) in [6.07, 6.45) is 1.65. The molecule has 0 amide bonds. The summed E-state index contributed by atoms with van der Waals surface area (Å²) in [6, 6.07) is 5.60.